The number of hydrogen-bond donors (Lipinski definition) is 0. The summed E-state index contributed by atoms with van der Waals surface area (Å²) in [7, 11) is 1.52. The summed E-state index contributed by atoms with van der Waals surface area (Å²) in [5, 5.41) is 0. The van der Waals surface area contributed by atoms with Gasteiger partial charge in [0.25, 0.3) is 0 Å². The summed E-state index contributed by atoms with van der Waals surface area (Å²) in [6.07, 6.45) is 4.43. The summed E-state index contributed by atoms with van der Waals surface area (Å²) in [6.45, 7) is 1.37. The maximum absolute atomic E-state index is 10.8. The number of carbonyl (C=O) groups is 1. The predicted molar refractivity (Wildman–Crippen MR) is 54.2 cm³/mol. The molecule has 1 rings (SSSR count). The van der Waals surface area contributed by atoms with Gasteiger partial charge in [0.15, 0.2) is 0 Å². The second kappa shape index (κ2) is 4.99. The number of carbonyl (C=O) groups excluding carboxylic acids is 1. The molecule has 4 heteroatoms. The van der Waals surface area contributed by atoms with Crippen LogP contribution in [-0.4, -0.2) is 24.2 Å². The molecular weight excluding hydrogens is 204 g/mol. The monoisotopic (exact) mass is 220 g/mol. The molecule has 3 nitrogen and oxygen atoms in total. The molecular formula is C10H17ClO3. The molecule has 1 aliphatic carbocycles. The molecule has 1 unspecified atom stereocenters. The standard InChI is InChI=1S/C10H17ClO3/c1-8(12)14-9(13-2)10(11)6-4-3-5-7-10/h9H,3-7H2,1-2H3. The zero-order valence-electron chi connectivity index (χ0n) is 8.72. The summed E-state index contributed by atoms with van der Waals surface area (Å²) in [5.41, 5.74) is 0. The molecule has 14 heavy (non-hydrogen) atoms. The molecule has 0 N–H and O–H groups in total. The average molecular weight is 221 g/mol. The van der Waals surface area contributed by atoms with Gasteiger partial charge in [0.1, 0.15) is 4.87 Å². The van der Waals surface area contributed by atoms with Crippen LogP contribution in [0.25, 0.3) is 0 Å². The van der Waals surface area contributed by atoms with Crippen molar-refractivity contribution in [3.63, 3.8) is 0 Å². The first-order valence-electron chi connectivity index (χ1n) is 4.97. The van der Waals surface area contributed by atoms with Crippen LogP contribution in [0.5, 0.6) is 0 Å². The first kappa shape index (κ1) is 11.8. The number of alkyl halides is 1. The van der Waals surface area contributed by atoms with E-state index in [2.05, 4.69) is 0 Å². The molecule has 0 aromatic rings. The van der Waals surface area contributed by atoms with E-state index in [1.54, 1.807) is 0 Å². The molecule has 0 aliphatic heterocycles. The molecule has 0 aromatic heterocycles. The Balaban J connectivity index is 2.60. The topological polar surface area (TPSA) is 35.5 Å². The van der Waals surface area contributed by atoms with Gasteiger partial charge >= 0.3 is 5.97 Å². The Morgan fingerprint density at radius 2 is 1.93 bits per heavy atom. The maximum Gasteiger partial charge on any atom is 0.304 e. The second-order valence-corrected chi connectivity index (χ2v) is 4.53. The highest BCUT2D eigenvalue weighted by Crippen LogP contribution is 2.38. The van der Waals surface area contributed by atoms with Gasteiger partial charge in [0, 0.05) is 14.0 Å². The molecule has 0 spiro atoms. The third-order valence-electron chi connectivity index (χ3n) is 2.59. The normalized spacial score (nSPS) is 22.8. The van der Waals surface area contributed by atoms with E-state index >= 15 is 0 Å². The van der Waals surface area contributed by atoms with Crippen LogP contribution in [0.4, 0.5) is 0 Å². The Bertz CT molecular complexity index is 200. The maximum atomic E-state index is 10.8. The van der Waals surface area contributed by atoms with Gasteiger partial charge in [-0.3, -0.25) is 4.79 Å². The fourth-order valence-corrected chi connectivity index (χ4v) is 2.29. The highest BCUT2D eigenvalue weighted by atomic mass is 35.5. The third kappa shape index (κ3) is 2.85. The van der Waals surface area contributed by atoms with Crippen molar-refractivity contribution in [2.75, 3.05) is 7.11 Å². The number of ether oxygens (including phenoxy) is 2. The Morgan fingerprint density at radius 3 is 2.36 bits per heavy atom. The summed E-state index contributed by atoms with van der Waals surface area (Å²) < 4.78 is 10.2. The van der Waals surface area contributed by atoms with Crippen molar-refractivity contribution in [3.05, 3.63) is 0 Å². The summed E-state index contributed by atoms with van der Waals surface area (Å²) in [5.74, 6) is -0.345. The minimum absolute atomic E-state index is 0.345. The van der Waals surface area contributed by atoms with Crippen molar-refractivity contribution < 1.29 is 14.3 Å². The van der Waals surface area contributed by atoms with Crippen molar-refractivity contribution in [1.29, 1.82) is 0 Å². The van der Waals surface area contributed by atoms with E-state index in [-0.39, 0.29) is 5.97 Å². The lowest BCUT2D eigenvalue weighted by Gasteiger charge is -2.36. The predicted octanol–water partition coefficient (Wildman–Crippen LogP) is 2.46. The van der Waals surface area contributed by atoms with Crippen LogP contribution in [0.1, 0.15) is 39.0 Å². The van der Waals surface area contributed by atoms with E-state index < -0.39 is 11.2 Å². The molecule has 0 amide bonds. The van der Waals surface area contributed by atoms with E-state index in [1.165, 1.54) is 20.5 Å². The van der Waals surface area contributed by atoms with Crippen molar-refractivity contribution in [2.45, 2.75) is 50.2 Å². The summed E-state index contributed by atoms with van der Waals surface area (Å²) in [4.78, 5) is 10.3. The van der Waals surface area contributed by atoms with E-state index in [9.17, 15) is 4.79 Å². The fraction of sp³-hybridized carbons (Fsp3) is 0.900. The lowest BCUT2D eigenvalue weighted by atomic mass is 9.88. The summed E-state index contributed by atoms with van der Waals surface area (Å²) in [6, 6.07) is 0. The second-order valence-electron chi connectivity index (χ2n) is 3.77. The molecule has 0 heterocycles. The first-order chi connectivity index (χ1) is 6.58. The Morgan fingerprint density at radius 1 is 1.36 bits per heavy atom. The highest BCUT2D eigenvalue weighted by molar-refractivity contribution is 6.24. The Kier molecular flexibility index (Phi) is 4.20. The number of rotatable bonds is 3. The van der Waals surface area contributed by atoms with Crippen LogP contribution in [0.3, 0.4) is 0 Å². The molecule has 0 aromatic carbocycles. The van der Waals surface area contributed by atoms with Crippen molar-refractivity contribution in [2.24, 2.45) is 0 Å². The average Bonchev–Trinajstić information content (AvgIpc) is 2.15. The Labute approximate surface area is 89.7 Å². The lowest BCUT2D eigenvalue weighted by molar-refractivity contribution is -0.180. The van der Waals surface area contributed by atoms with Gasteiger partial charge in [-0.25, -0.2) is 0 Å². The number of hydrogen-bond acceptors (Lipinski definition) is 3. The fourth-order valence-electron chi connectivity index (χ4n) is 1.89. The van der Waals surface area contributed by atoms with Gasteiger partial charge in [-0.15, -0.1) is 11.6 Å². The van der Waals surface area contributed by atoms with Crippen LogP contribution in [0.15, 0.2) is 0 Å². The Hall–Kier alpha value is -0.280. The van der Waals surface area contributed by atoms with Gasteiger partial charge in [0.2, 0.25) is 6.29 Å². The van der Waals surface area contributed by atoms with Crippen LogP contribution >= 0.6 is 11.6 Å². The zero-order chi connectivity index (χ0) is 10.6. The molecule has 0 radical (unpaired) electrons. The highest BCUT2D eigenvalue weighted by Gasteiger charge is 2.40. The van der Waals surface area contributed by atoms with Crippen molar-refractivity contribution >= 4 is 17.6 Å². The molecule has 0 bridgehead atoms. The quantitative estimate of drug-likeness (QED) is 0.417. The number of halogens is 1. The lowest BCUT2D eigenvalue weighted by Crippen LogP contribution is -2.42. The van der Waals surface area contributed by atoms with Gasteiger partial charge < -0.3 is 9.47 Å². The van der Waals surface area contributed by atoms with E-state index in [0.29, 0.717) is 0 Å². The van der Waals surface area contributed by atoms with Gasteiger partial charge in [-0.05, 0) is 12.8 Å². The van der Waals surface area contributed by atoms with Crippen molar-refractivity contribution in [3.8, 4) is 0 Å². The van der Waals surface area contributed by atoms with E-state index in [0.717, 1.165) is 25.7 Å². The van der Waals surface area contributed by atoms with Crippen LogP contribution in [0, 0.1) is 0 Å². The molecule has 82 valence electrons. The van der Waals surface area contributed by atoms with Crippen LogP contribution in [0.2, 0.25) is 0 Å². The van der Waals surface area contributed by atoms with E-state index in [1.807, 2.05) is 0 Å². The van der Waals surface area contributed by atoms with E-state index in [4.69, 9.17) is 21.1 Å². The SMILES string of the molecule is COC(OC(C)=O)C1(Cl)CCCCC1. The van der Waals surface area contributed by atoms with Crippen molar-refractivity contribution in [1.82, 2.24) is 0 Å². The minimum atomic E-state index is -0.609. The molecule has 1 aliphatic rings. The molecule has 1 fully saturated rings. The largest absolute Gasteiger partial charge is 0.434 e. The first-order valence-corrected chi connectivity index (χ1v) is 5.35. The van der Waals surface area contributed by atoms with Gasteiger partial charge in [-0.2, -0.15) is 0 Å². The molecule has 0 saturated heterocycles. The summed E-state index contributed by atoms with van der Waals surface area (Å²) >= 11 is 6.38. The smallest absolute Gasteiger partial charge is 0.304 e. The van der Waals surface area contributed by atoms with Crippen LogP contribution in [-0.2, 0) is 14.3 Å². The molecule has 1 saturated carbocycles. The number of esters is 1. The third-order valence-corrected chi connectivity index (χ3v) is 3.15. The number of methoxy groups -OCH3 is 1. The minimum Gasteiger partial charge on any atom is -0.434 e. The van der Waals surface area contributed by atoms with Gasteiger partial charge in [0.05, 0.1) is 0 Å². The zero-order valence-corrected chi connectivity index (χ0v) is 9.47. The molecule has 1 atom stereocenters. The van der Waals surface area contributed by atoms with Crippen LogP contribution < -0.4 is 0 Å². The van der Waals surface area contributed by atoms with Gasteiger partial charge in [-0.1, -0.05) is 19.3 Å².